The minimum Gasteiger partial charge on any atom is -0.492 e. The third-order valence-electron chi connectivity index (χ3n) is 4.64. The molecule has 104 valence electrons. The van der Waals surface area contributed by atoms with Crippen LogP contribution in [0.4, 0.5) is 0 Å². The van der Waals surface area contributed by atoms with E-state index in [-0.39, 0.29) is 6.04 Å². The van der Waals surface area contributed by atoms with Crippen molar-refractivity contribution in [3.8, 4) is 5.75 Å². The Kier molecular flexibility index (Phi) is 3.50. The number of benzene rings is 1. The number of hydrogen-bond donors (Lipinski definition) is 1. The zero-order valence-electron chi connectivity index (χ0n) is 11.9. The van der Waals surface area contributed by atoms with Gasteiger partial charge in [-0.1, -0.05) is 32.0 Å². The number of para-hydroxylation sites is 1. The van der Waals surface area contributed by atoms with Gasteiger partial charge in [-0.15, -0.1) is 0 Å². The molecule has 0 aliphatic carbocycles. The maximum absolute atomic E-state index is 6.51. The van der Waals surface area contributed by atoms with Crippen LogP contribution >= 0.6 is 0 Å². The van der Waals surface area contributed by atoms with Crippen LogP contribution in [0.3, 0.4) is 0 Å². The first kappa shape index (κ1) is 12.9. The number of rotatable bonds is 2. The molecule has 2 aliphatic heterocycles. The van der Waals surface area contributed by atoms with E-state index in [2.05, 4.69) is 24.8 Å². The Morgan fingerprint density at radius 3 is 2.89 bits per heavy atom. The molecule has 1 aromatic carbocycles. The summed E-state index contributed by atoms with van der Waals surface area (Å²) >= 11 is 0. The van der Waals surface area contributed by atoms with E-state index in [0.29, 0.717) is 18.0 Å². The monoisotopic (exact) mass is 260 g/mol. The van der Waals surface area contributed by atoms with Crippen LogP contribution in [0.1, 0.15) is 38.3 Å². The van der Waals surface area contributed by atoms with Crippen molar-refractivity contribution >= 4 is 0 Å². The number of nitrogens with zero attached hydrogens (tertiary/aromatic N) is 1. The number of fused-ring (bicyclic) bond motifs is 1. The molecule has 0 radical (unpaired) electrons. The summed E-state index contributed by atoms with van der Waals surface area (Å²) in [5.41, 5.74) is 7.67. The lowest BCUT2D eigenvalue weighted by atomic mass is 9.93. The Bertz CT molecular complexity index is 446. The molecule has 0 saturated carbocycles. The van der Waals surface area contributed by atoms with Gasteiger partial charge >= 0.3 is 0 Å². The molecule has 0 amide bonds. The molecule has 1 fully saturated rings. The molecule has 0 bridgehead atoms. The smallest absolute Gasteiger partial charge is 0.124 e. The molecular weight excluding hydrogens is 236 g/mol. The van der Waals surface area contributed by atoms with Crippen LogP contribution in [-0.2, 0) is 0 Å². The molecule has 2 heterocycles. The van der Waals surface area contributed by atoms with E-state index >= 15 is 0 Å². The van der Waals surface area contributed by atoms with E-state index in [9.17, 15) is 0 Å². The molecule has 1 aromatic rings. The van der Waals surface area contributed by atoms with Gasteiger partial charge in [0.15, 0.2) is 0 Å². The fraction of sp³-hybridized carbons (Fsp3) is 0.625. The summed E-state index contributed by atoms with van der Waals surface area (Å²) in [4.78, 5) is 2.59. The molecule has 0 aromatic heterocycles. The van der Waals surface area contributed by atoms with E-state index in [4.69, 9.17) is 10.5 Å². The molecular formula is C16H24N2O. The summed E-state index contributed by atoms with van der Waals surface area (Å²) in [5, 5.41) is 0. The summed E-state index contributed by atoms with van der Waals surface area (Å²) in [6.45, 7) is 6.51. The Morgan fingerprint density at radius 1 is 1.32 bits per heavy atom. The normalized spacial score (nSPS) is 31.3. The third-order valence-corrected chi connectivity index (χ3v) is 4.64. The second kappa shape index (κ2) is 5.14. The predicted molar refractivity (Wildman–Crippen MR) is 77.2 cm³/mol. The van der Waals surface area contributed by atoms with E-state index in [1.165, 1.54) is 12.8 Å². The summed E-state index contributed by atoms with van der Waals surface area (Å²) < 4.78 is 5.93. The van der Waals surface area contributed by atoms with E-state index in [1.807, 2.05) is 18.2 Å². The van der Waals surface area contributed by atoms with Crippen LogP contribution in [-0.4, -0.2) is 30.1 Å². The molecule has 1 saturated heterocycles. The number of hydrogen-bond acceptors (Lipinski definition) is 3. The SMILES string of the molecule is CC(C)C1CCCN1C1COc2ccccc2C1N. The van der Waals surface area contributed by atoms with Crippen LogP contribution in [0.5, 0.6) is 5.75 Å². The van der Waals surface area contributed by atoms with Crippen LogP contribution in [0.15, 0.2) is 24.3 Å². The first-order chi connectivity index (χ1) is 9.18. The van der Waals surface area contributed by atoms with Gasteiger partial charge in [0, 0.05) is 11.6 Å². The third kappa shape index (κ3) is 2.26. The van der Waals surface area contributed by atoms with Crippen molar-refractivity contribution in [1.82, 2.24) is 4.90 Å². The van der Waals surface area contributed by atoms with Crippen molar-refractivity contribution in [3.63, 3.8) is 0 Å². The average Bonchev–Trinajstić information content (AvgIpc) is 2.89. The van der Waals surface area contributed by atoms with Gasteiger partial charge in [0.25, 0.3) is 0 Å². The Morgan fingerprint density at radius 2 is 2.11 bits per heavy atom. The van der Waals surface area contributed by atoms with Crippen LogP contribution in [0.2, 0.25) is 0 Å². The highest BCUT2D eigenvalue weighted by atomic mass is 16.5. The number of likely N-dealkylation sites (tertiary alicyclic amines) is 1. The van der Waals surface area contributed by atoms with Crippen molar-refractivity contribution in [1.29, 1.82) is 0 Å². The second-order valence-electron chi connectivity index (χ2n) is 6.13. The fourth-order valence-electron chi connectivity index (χ4n) is 3.62. The van der Waals surface area contributed by atoms with Crippen molar-refractivity contribution in [2.45, 2.75) is 44.8 Å². The first-order valence-corrected chi connectivity index (χ1v) is 7.41. The van der Waals surface area contributed by atoms with Crippen molar-refractivity contribution in [2.24, 2.45) is 11.7 Å². The topological polar surface area (TPSA) is 38.5 Å². The zero-order valence-corrected chi connectivity index (χ0v) is 11.9. The largest absolute Gasteiger partial charge is 0.492 e. The molecule has 3 rings (SSSR count). The van der Waals surface area contributed by atoms with Gasteiger partial charge in [0.2, 0.25) is 0 Å². The first-order valence-electron chi connectivity index (χ1n) is 7.41. The second-order valence-corrected chi connectivity index (χ2v) is 6.13. The zero-order chi connectivity index (χ0) is 13.4. The lowest BCUT2D eigenvalue weighted by molar-refractivity contribution is 0.0715. The van der Waals surface area contributed by atoms with Gasteiger partial charge in [-0.2, -0.15) is 0 Å². The minimum absolute atomic E-state index is 0.0734. The summed E-state index contributed by atoms with van der Waals surface area (Å²) in [6, 6.07) is 9.24. The Labute approximate surface area is 115 Å². The maximum atomic E-state index is 6.51. The average molecular weight is 260 g/mol. The highest BCUT2D eigenvalue weighted by Gasteiger charge is 2.38. The van der Waals surface area contributed by atoms with Gasteiger partial charge in [0.1, 0.15) is 12.4 Å². The van der Waals surface area contributed by atoms with E-state index < -0.39 is 0 Å². The Hall–Kier alpha value is -1.06. The molecule has 2 N–H and O–H groups in total. The predicted octanol–water partition coefficient (Wildman–Crippen LogP) is 2.57. The minimum atomic E-state index is 0.0734. The summed E-state index contributed by atoms with van der Waals surface area (Å²) in [6.07, 6.45) is 2.58. The molecule has 19 heavy (non-hydrogen) atoms. The molecule has 2 aliphatic rings. The highest BCUT2D eigenvalue weighted by molar-refractivity contribution is 5.38. The number of nitrogens with two attached hydrogens (primary N) is 1. The van der Waals surface area contributed by atoms with Crippen LogP contribution < -0.4 is 10.5 Å². The molecule has 0 spiro atoms. The Balaban J connectivity index is 1.84. The van der Waals surface area contributed by atoms with Gasteiger partial charge in [-0.25, -0.2) is 0 Å². The summed E-state index contributed by atoms with van der Waals surface area (Å²) in [7, 11) is 0. The van der Waals surface area contributed by atoms with E-state index in [1.54, 1.807) is 0 Å². The van der Waals surface area contributed by atoms with Crippen LogP contribution in [0.25, 0.3) is 0 Å². The molecule has 3 heteroatoms. The van der Waals surface area contributed by atoms with Crippen LogP contribution in [0, 0.1) is 5.92 Å². The highest BCUT2D eigenvalue weighted by Crippen LogP contribution is 2.36. The van der Waals surface area contributed by atoms with Gasteiger partial charge in [0.05, 0.1) is 12.1 Å². The maximum Gasteiger partial charge on any atom is 0.124 e. The molecule has 3 nitrogen and oxygen atoms in total. The number of ether oxygens (including phenoxy) is 1. The quantitative estimate of drug-likeness (QED) is 0.888. The van der Waals surface area contributed by atoms with Gasteiger partial charge in [-0.3, -0.25) is 4.90 Å². The fourth-order valence-corrected chi connectivity index (χ4v) is 3.62. The standard InChI is InChI=1S/C16H24N2O/c1-11(2)13-7-5-9-18(13)14-10-19-15-8-4-3-6-12(15)16(14)17/h3-4,6,8,11,13-14,16H,5,7,9-10,17H2,1-2H3. The lowest BCUT2D eigenvalue weighted by Gasteiger charge is -2.41. The van der Waals surface area contributed by atoms with Gasteiger partial charge < -0.3 is 10.5 Å². The van der Waals surface area contributed by atoms with Gasteiger partial charge in [-0.05, 0) is 31.4 Å². The van der Waals surface area contributed by atoms with Crippen molar-refractivity contribution in [3.05, 3.63) is 29.8 Å². The molecule has 3 atom stereocenters. The van der Waals surface area contributed by atoms with Crippen molar-refractivity contribution < 1.29 is 4.74 Å². The van der Waals surface area contributed by atoms with E-state index in [0.717, 1.165) is 24.5 Å². The molecule has 3 unspecified atom stereocenters. The van der Waals surface area contributed by atoms with Crippen molar-refractivity contribution in [2.75, 3.05) is 13.2 Å². The lowest BCUT2D eigenvalue weighted by Crippen LogP contribution is -2.51. The summed E-state index contributed by atoms with van der Waals surface area (Å²) in [5.74, 6) is 1.65.